The van der Waals surface area contributed by atoms with E-state index in [9.17, 15) is 4.79 Å². The summed E-state index contributed by atoms with van der Waals surface area (Å²) >= 11 is 4.70. The summed E-state index contributed by atoms with van der Waals surface area (Å²) in [6.07, 6.45) is 5.20. The Hall–Kier alpha value is -0.840. The van der Waals surface area contributed by atoms with Crippen LogP contribution in [0.1, 0.15) is 32.1 Å². The van der Waals surface area contributed by atoms with Crippen molar-refractivity contribution in [2.75, 3.05) is 6.54 Å². The third kappa shape index (κ3) is 4.41. The topological polar surface area (TPSA) is 67.1 Å². The third-order valence-corrected chi connectivity index (χ3v) is 2.55. The molecule has 0 heterocycles. The zero-order valence-corrected chi connectivity index (χ0v) is 9.03. The Morgan fingerprint density at radius 3 is 2.64 bits per heavy atom. The first kappa shape index (κ1) is 11.2. The first-order valence-corrected chi connectivity index (χ1v) is 5.42. The van der Waals surface area contributed by atoms with E-state index in [1.54, 1.807) is 0 Å². The van der Waals surface area contributed by atoms with E-state index < -0.39 is 0 Å². The SMILES string of the molecule is NC(=S)CCNC(=O)NC1CCCC1. The summed E-state index contributed by atoms with van der Waals surface area (Å²) < 4.78 is 0. The predicted octanol–water partition coefficient (Wildman–Crippen LogP) is 0.904. The summed E-state index contributed by atoms with van der Waals surface area (Å²) in [4.78, 5) is 11.7. The number of amides is 2. The first-order chi connectivity index (χ1) is 6.68. The number of carbonyl (C=O) groups excluding carboxylic acids is 1. The Morgan fingerprint density at radius 2 is 2.07 bits per heavy atom. The van der Waals surface area contributed by atoms with Gasteiger partial charge in [-0.3, -0.25) is 0 Å². The van der Waals surface area contributed by atoms with Gasteiger partial charge in [0.15, 0.2) is 0 Å². The van der Waals surface area contributed by atoms with E-state index >= 15 is 0 Å². The lowest BCUT2D eigenvalue weighted by atomic mass is 10.2. The number of nitrogens with two attached hydrogens (primary N) is 1. The molecule has 0 aliphatic heterocycles. The summed E-state index contributed by atoms with van der Waals surface area (Å²) in [5.74, 6) is 0. The molecule has 0 spiro atoms. The number of nitrogens with one attached hydrogen (secondary N) is 2. The van der Waals surface area contributed by atoms with Crippen molar-refractivity contribution in [1.29, 1.82) is 0 Å². The van der Waals surface area contributed by atoms with Crippen molar-refractivity contribution in [2.24, 2.45) is 5.73 Å². The Labute approximate surface area is 89.6 Å². The van der Waals surface area contributed by atoms with Gasteiger partial charge in [-0.25, -0.2) is 4.79 Å². The van der Waals surface area contributed by atoms with Gasteiger partial charge in [0, 0.05) is 19.0 Å². The second-order valence-electron chi connectivity index (χ2n) is 3.60. The smallest absolute Gasteiger partial charge is 0.315 e. The molecule has 0 bridgehead atoms. The summed E-state index contributed by atoms with van der Waals surface area (Å²) in [5, 5.41) is 5.64. The normalized spacial score (nSPS) is 16.6. The van der Waals surface area contributed by atoms with Crippen molar-refractivity contribution in [3.05, 3.63) is 0 Å². The van der Waals surface area contributed by atoms with Crippen LogP contribution in [0.3, 0.4) is 0 Å². The average molecular weight is 215 g/mol. The molecule has 0 aromatic heterocycles. The highest BCUT2D eigenvalue weighted by atomic mass is 32.1. The van der Waals surface area contributed by atoms with Crippen molar-refractivity contribution in [1.82, 2.24) is 10.6 Å². The van der Waals surface area contributed by atoms with Crippen LogP contribution in [-0.2, 0) is 0 Å². The molecule has 4 nitrogen and oxygen atoms in total. The highest BCUT2D eigenvalue weighted by Gasteiger charge is 2.16. The van der Waals surface area contributed by atoms with Crippen LogP contribution < -0.4 is 16.4 Å². The van der Waals surface area contributed by atoms with Crippen LogP contribution in [-0.4, -0.2) is 23.6 Å². The van der Waals surface area contributed by atoms with Crippen LogP contribution in [0, 0.1) is 0 Å². The van der Waals surface area contributed by atoms with Gasteiger partial charge in [-0.15, -0.1) is 0 Å². The Bertz CT molecular complexity index is 214. The maximum atomic E-state index is 11.3. The maximum absolute atomic E-state index is 11.3. The van der Waals surface area contributed by atoms with Crippen molar-refractivity contribution >= 4 is 23.2 Å². The monoisotopic (exact) mass is 215 g/mol. The highest BCUT2D eigenvalue weighted by molar-refractivity contribution is 7.80. The average Bonchev–Trinajstić information content (AvgIpc) is 2.56. The number of rotatable bonds is 4. The first-order valence-electron chi connectivity index (χ1n) is 5.01. The molecule has 1 rings (SSSR count). The zero-order valence-electron chi connectivity index (χ0n) is 8.21. The van der Waals surface area contributed by atoms with E-state index in [4.69, 9.17) is 18.0 Å². The van der Waals surface area contributed by atoms with Crippen LogP contribution in [0.25, 0.3) is 0 Å². The molecule has 4 N–H and O–H groups in total. The second kappa shape index (κ2) is 5.80. The minimum atomic E-state index is -0.104. The van der Waals surface area contributed by atoms with Gasteiger partial charge in [0.05, 0.1) is 4.99 Å². The van der Waals surface area contributed by atoms with Crippen LogP contribution >= 0.6 is 12.2 Å². The summed E-state index contributed by atoms with van der Waals surface area (Å²) in [5.41, 5.74) is 5.30. The molecule has 1 aliphatic rings. The molecular weight excluding hydrogens is 198 g/mol. The van der Waals surface area contributed by atoms with E-state index in [-0.39, 0.29) is 6.03 Å². The van der Waals surface area contributed by atoms with Crippen molar-refractivity contribution in [3.8, 4) is 0 Å². The standard InChI is InChI=1S/C9H17N3OS/c10-8(14)5-6-11-9(13)12-7-3-1-2-4-7/h7H,1-6H2,(H2,10,14)(H2,11,12,13). The third-order valence-electron chi connectivity index (χ3n) is 2.35. The van der Waals surface area contributed by atoms with Crippen molar-refractivity contribution < 1.29 is 4.79 Å². The molecule has 0 aromatic carbocycles. The largest absolute Gasteiger partial charge is 0.393 e. The predicted molar refractivity (Wildman–Crippen MR) is 60.2 cm³/mol. The lowest BCUT2D eigenvalue weighted by molar-refractivity contribution is 0.237. The molecule has 2 amide bonds. The quantitative estimate of drug-likeness (QED) is 0.610. The van der Waals surface area contributed by atoms with E-state index in [2.05, 4.69) is 10.6 Å². The fourth-order valence-corrected chi connectivity index (χ4v) is 1.71. The number of hydrogen-bond acceptors (Lipinski definition) is 2. The van der Waals surface area contributed by atoms with Gasteiger partial charge in [0.25, 0.3) is 0 Å². The van der Waals surface area contributed by atoms with E-state index in [0.29, 0.717) is 24.0 Å². The Kier molecular flexibility index (Phi) is 4.65. The van der Waals surface area contributed by atoms with Crippen molar-refractivity contribution in [2.45, 2.75) is 38.1 Å². The van der Waals surface area contributed by atoms with Crippen molar-refractivity contribution in [3.63, 3.8) is 0 Å². The van der Waals surface area contributed by atoms with Gasteiger partial charge in [-0.2, -0.15) is 0 Å². The van der Waals surface area contributed by atoms with Gasteiger partial charge in [-0.05, 0) is 12.8 Å². The lowest BCUT2D eigenvalue weighted by Crippen LogP contribution is -2.41. The van der Waals surface area contributed by atoms with Crippen LogP contribution in [0.15, 0.2) is 0 Å². The molecule has 1 saturated carbocycles. The molecular formula is C9H17N3OS. The molecule has 1 fully saturated rings. The molecule has 5 heteroatoms. The minimum absolute atomic E-state index is 0.104. The zero-order chi connectivity index (χ0) is 10.4. The molecule has 0 aromatic rings. The van der Waals surface area contributed by atoms with Gasteiger partial charge in [0.2, 0.25) is 0 Å². The van der Waals surface area contributed by atoms with E-state index in [1.165, 1.54) is 12.8 Å². The molecule has 0 radical (unpaired) electrons. The summed E-state index contributed by atoms with van der Waals surface area (Å²) in [6.45, 7) is 0.522. The number of thiocarbonyl (C=S) groups is 1. The Balaban J connectivity index is 2.06. The van der Waals surface area contributed by atoms with Gasteiger partial charge in [0.1, 0.15) is 0 Å². The van der Waals surface area contributed by atoms with Crippen LogP contribution in [0.2, 0.25) is 0 Å². The minimum Gasteiger partial charge on any atom is -0.393 e. The maximum Gasteiger partial charge on any atom is 0.315 e. The molecule has 14 heavy (non-hydrogen) atoms. The fraction of sp³-hybridized carbons (Fsp3) is 0.778. The highest BCUT2D eigenvalue weighted by Crippen LogP contribution is 2.17. The van der Waals surface area contributed by atoms with E-state index in [0.717, 1.165) is 12.8 Å². The number of carbonyl (C=O) groups is 1. The molecule has 0 atom stereocenters. The molecule has 1 aliphatic carbocycles. The Morgan fingerprint density at radius 1 is 1.43 bits per heavy atom. The van der Waals surface area contributed by atoms with Gasteiger partial charge < -0.3 is 16.4 Å². The number of urea groups is 1. The summed E-state index contributed by atoms with van der Waals surface area (Å²) in [7, 11) is 0. The van der Waals surface area contributed by atoms with Gasteiger partial charge >= 0.3 is 6.03 Å². The molecule has 0 unspecified atom stereocenters. The van der Waals surface area contributed by atoms with Crippen LogP contribution in [0.5, 0.6) is 0 Å². The molecule has 80 valence electrons. The van der Waals surface area contributed by atoms with E-state index in [1.807, 2.05) is 0 Å². The fourth-order valence-electron chi connectivity index (χ4n) is 1.61. The summed E-state index contributed by atoms with van der Waals surface area (Å²) in [6, 6.07) is 0.257. The van der Waals surface area contributed by atoms with Crippen LogP contribution in [0.4, 0.5) is 4.79 Å². The lowest BCUT2D eigenvalue weighted by Gasteiger charge is -2.12. The second-order valence-corrected chi connectivity index (χ2v) is 4.12. The number of hydrogen-bond donors (Lipinski definition) is 3. The van der Waals surface area contributed by atoms with Gasteiger partial charge in [-0.1, -0.05) is 25.1 Å². The molecule has 0 saturated heterocycles.